The lowest BCUT2D eigenvalue weighted by Gasteiger charge is -2.36. The van der Waals surface area contributed by atoms with Crippen LogP contribution in [0.25, 0.3) is 11.0 Å². The van der Waals surface area contributed by atoms with Gasteiger partial charge in [-0.1, -0.05) is 36.0 Å². The Morgan fingerprint density at radius 3 is 2.68 bits per heavy atom. The van der Waals surface area contributed by atoms with Crippen molar-refractivity contribution in [3.8, 4) is 0 Å². The molecule has 1 aromatic heterocycles. The molecule has 3 aromatic rings. The molecule has 0 aliphatic carbocycles. The first-order valence-electron chi connectivity index (χ1n) is 9.24. The van der Waals surface area contributed by atoms with Gasteiger partial charge >= 0.3 is 0 Å². The first-order chi connectivity index (χ1) is 13.5. The summed E-state index contributed by atoms with van der Waals surface area (Å²) < 4.78 is 0.862. The van der Waals surface area contributed by atoms with Crippen LogP contribution in [0.3, 0.4) is 0 Å². The number of hydrogen-bond acceptors (Lipinski definition) is 4. The summed E-state index contributed by atoms with van der Waals surface area (Å²) in [5.41, 5.74) is 2.77. The number of amides is 2. The smallest absolute Gasteiger partial charge is 0.252 e. The molecule has 144 valence electrons. The topological polar surface area (TPSA) is 67.2 Å². The Hall–Kier alpha value is -2.80. The molecule has 1 aliphatic rings. The molecule has 1 N–H and O–H groups in total. The minimum atomic E-state index is -1.22. The predicted octanol–water partition coefficient (Wildman–Crippen LogP) is 3.20. The Morgan fingerprint density at radius 2 is 1.89 bits per heavy atom. The van der Waals surface area contributed by atoms with Crippen LogP contribution in [0.2, 0.25) is 0 Å². The van der Waals surface area contributed by atoms with Crippen molar-refractivity contribution in [3.63, 3.8) is 0 Å². The molecule has 7 heteroatoms. The maximum absolute atomic E-state index is 13.1. The van der Waals surface area contributed by atoms with Crippen LogP contribution < -0.4 is 10.2 Å². The second-order valence-electron chi connectivity index (χ2n) is 6.91. The fourth-order valence-corrected chi connectivity index (χ4v) is 4.88. The Balaban J connectivity index is 1.58. The maximum Gasteiger partial charge on any atom is 0.252 e. The Morgan fingerprint density at radius 1 is 1.18 bits per heavy atom. The Labute approximate surface area is 167 Å². The molecule has 2 amide bonds. The fourth-order valence-electron chi connectivity index (χ4n) is 3.60. The van der Waals surface area contributed by atoms with Crippen molar-refractivity contribution in [2.75, 3.05) is 11.9 Å². The third kappa shape index (κ3) is 2.86. The van der Waals surface area contributed by atoms with Gasteiger partial charge in [0.25, 0.3) is 5.91 Å². The van der Waals surface area contributed by atoms with Gasteiger partial charge < -0.3 is 14.8 Å². The van der Waals surface area contributed by atoms with E-state index in [0.29, 0.717) is 0 Å². The van der Waals surface area contributed by atoms with Crippen molar-refractivity contribution in [1.29, 1.82) is 0 Å². The van der Waals surface area contributed by atoms with Gasteiger partial charge in [-0.3, -0.25) is 9.59 Å². The summed E-state index contributed by atoms with van der Waals surface area (Å²) in [7, 11) is 1.71. The van der Waals surface area contributed by atoms with Crippen molar-refractivity contribution in [3.05, 3.63) is 54.4 Å². The molecule has 2 heterocycles. The minimum absolute atomic E-state index is 0.224. The summed E-state index contributed by atoms with van der Waals surface area (Å²) in [6, 6.07) is 15.5. The highest BCUT2D eigenvalue weighted by molar-refractivity contribution is 8.02. The van der Waals surface area contributed by atoms with Crippen LogP contribution in [-0.2, 0) is 22.7 Å². The van der Waals surface area contributed by atoms with E-state index in [9.17, 15) is 9.59 Å². The highest BCUT2D eigenvalue weighted by Crippen LogP contribution is 2.44. The number of nitrogens with one attached hydrogen (secondary N) is 1. The summed E-state index contributed by atoms with van der Waals surface area (Å²) in [4.78, 5) is 33.1. The summed E-state index contributed by atoms with van der Waals surface area (Å²) in [5.74, 6) is 0.249. The molecule has 0 saturated heterocycles. The van der Waals surface area contributed by atoms with Gasteiger partial charge in [-0.15, -0.1) is 0 Å². The van der Waals surface area contributed by atoms with Crippen LogP contribution in [0.4, 0.5) is 5.69 Å². The molecule has 0 radical (unpaired) electrons. The normalized spacial score (nSPS) is 19.0. The molecular weight excluding hydrogens is 372 g/mol. The summed E-state index contributed by atoms with van der Waals surface area (Å²) in [6.45, 7) is 4.76. The molecule has 1 aliphatic heterocycles. The second kappa shape index (κ2) is 6.98. The molecule has 0 bridgehead atoms. The molecule has 0 fully saturated rings. The average Bonchev–Trinajstić information content (AvgIpc) is 3.07. The van der Waals surface area contributed by atoms with Gasteiger partial charge in [-0.2, -0.15) is 0 Å². The largest absolute Gasteiger partial charge is 0.347 e. The number of benzene rings is 2. The number of rotatable bonds is 4. The lowest BCUT2D eigenvalue weighted by Crippen LogP contribution is -2.55. The van der Waals surface area contributed by atoms with Crippen LogP contribution in [-0.4, -0.2) is 33.2 Å². The number of fused-ring (bicyclic) bond motifs is 2. The van der Waals surface area contributed by atoms with E-state index in [4.69, 9.17) is 0 Å². The summed E-state index contributed by atoms with van der Waals surface area (Å²) >= 11 is 1.30. The van der Waals surface area contributed by atoms with E-state index < -0.39 is 4.75 Å². The lowest BCUT2D eigenvalue weighted by atomic mass is 10.1. The van der Waals surface area contributed by atoms with Gasteiger partial charge in [0.05, 0.1) is 23.3 Å². The lowest BCUT2D eigenvalue weighted by molar-refractivity contribution is -0.131. The molecular formula is C21H22N4O2S. The SMILES string of the molecule is CCn1c(CNC(=O)C2(C)Sc3ccccc3N(C)C2=O)nc2ccccc21. The van der Waals surface area contributed by atoms with E-state index in [-0.39, 0.29) is 18.4 Å². The first-order valence-corrected chi connectivity index (χ1v) is 10.1. The standard InChI is InChI=1S/C21H22N4O2S/c1-4-25-15-10-6-5-9-14(15)23-18(25)13-22-19(26)21(2)20(27)24(3)16-11-7-8-12-17(16)28-21/h5-12H,4,13H2,1-3H3,(H,22,26). The van der Waals surface area contributed by atoms with E-state index in [1.165, 1.54) is 11.8 Å². The Kier molecular flexibility index (Phi) is 4.63. The number of aryl methyl sites for hydroxylation is 1. The monoisotopic (exact) mass is 394 g/mol. The third-order valence-corrected chi connectivity index (χ3v) is 6.48. The average molecular weight is 395 g/mol. The number of aromatic nitrogens is 2. The molecule has 1 unspecified atom stereocenters. The van der Waals surface area contributed by atoms with Crippen molar-refractivity contribution < 1.29 is 9.59 Å². The highest BCUT2D eigenvalue weighted by Gasteiger charge is 2.48. The summed E-state index contributed by atoms with van der Waals surface area (Å²) in [6.07, 6.45) is 0. The number of nitrogens with zero attached hydrogens (tertiary/aromatic N) is 3. The van der Waals surface area contributed by atoms with E-state index in [0.717, 1.165) is 34.0 Å². The van der Waals surface area contributed by atoms with Crippen LogP contribution in [0, 0.1) is 0 Å². The number of thioether (sulfide) groups is 1. The fraction of sp³-hybridized carbons (Fsp3) is 0.286. The van der Waals surface area contributed by atoms with Crippen molar-refractivity contribution in [2.24, 2.45) is 0 Å². The zero-order chi connectivity index (χ0) is 19.9. The predicted molar refractivity (Wildman–Crippen MR) is 111 cm³/mol. The molecule has 1 atom stereocenters. The molecule has 28 heavy (non-hydrogen) atoms. The second-order valence-corrected chi connectivity index (χ2v) is 8.37. The number of anilines is 1. The van der Waals surface area contributed by atoms with Crippen LogP contribution in [0.1, 0.15) is 19.7 Å². The van der Waals surface area contributed by atoms with Gasteiger partial charge in [0.2, 0.25) is 5.91 Å². The van der Waals surface area contributed by atoms with Gasteiger partial charge in [-0.25, -0.2) is 4.98 Å². The quantitative estimate of drug-likeness (QED) is 0.690. The molecule has 6 nitrogen and oxygen atoms in total. The van der Waals surface area contributed by atoms with Crippen molar-refractivity contribution >= 4 is 40.3 Å². The van der Waals surface area contributed by atoms with Crippen LogP contribution in [0.15, 0.2) is 53.4 Å². The molecule has 2 aromatic carbocycles. The van der Waals surface area contributed by atoms with E-state index >= 15 is 0 Å². The van der Waals surface area contributed by atoms with Crippen LogP contribution >= 0.6 is 11.8 Å². The van der Waals surface area contributed by atoms with Crippen molar-refractivity contribution in [1.82, 2.24) is 14.9 Å². The number of carbonyl (C=O) groups is 2. The Bertz CT molecular complexity index is 1080. The van der Waals surface area contributed by atoms with E-state index in [1.54, 1.807) is 18.9 Å². The molecule has 4 rings (SSSR count). The van der Waals surface area contributed by atoms with Gasteiger partial charge in [0.15, 0.2) is 4.75 Å². The first kappa shape index (κ1) is 18.6. The number of imidazole rings is 1. The summed E-state index contributed by atoms with van der Waals surface area (Å²) in [5, 5.41) is 2.94. The van der Waals surface area contributed by atoms with Gasteiger partial charge in [0, 0.05) is 18.5 Å². The van der Waals surface area contributed by atoms with E-state index in [1.807, 2.05) is 55.5 Å². The number of carbonyl (C=O) groups excluding carboxylic acids is 2. The zero-order valence-corrected chi connectivity index (χ0v) is 16.9. The van der Waals surface area contributed by atoms with Gasteiger partial charge in [-0.05, 0) is 38.1 Å². The zero-order valence-electron chi connectivity index (χ0n) is 16.1. The van der Waals surface area contributed by atoms with Gasteiger partial charge in [0.1, 0.15) is 5.82 Å². The number of hydrogen-bond donors (Lipinski definition) is 1. The van der Waals surface area contributed by atoms with Crippen molar-refractivity contribution in [2.45, 2.75) is 36.6 Å². The third-order valence-electron chi connectivity index (χ3n) is 5.14. The molecule has 0 spiro atoms. The molecule has 0 saturated carbocycles. The maximum atomic E-state index is 13.1. The highest BCUT2D eigenvalue weighted by atomic mass is 32.2. The van der Waals surface area contributed by atoms with E-state index in [2.05, 4.69) is 14.9 Å². The number of para-hydroxylation sites is 3. The van der Waals surface area contributed by atoms with Crippen LogP contribution in [0.5, 0.6) is 0 Å². The minimum Gasteiger partial charge on any atom is -0.347 e.